The molecule has 0 unspecified atom stereocenters. The van der Waals surface area contributed by atoms with Crippen LogP contribution in [0.2, 0.25) is 5.02 Å². The Morgan fingerprint density at radius 1 is 1.28 bits per heavy atom. The summed E-state index contributed by atoms with van der Waals surface area (Å²) in [5.41, 5.74) is -0.0125. The molecule has 2 atom stereocenters. The number of halogens is 3. The van der Waals surface area contributed by atoms with Gasteiger partial charge in [0.05, 0.1) is 23.1 Å². The lowest BCUT2D eigenvalue weighted by Crippen LogP contribution is -2.57. The van der Waals surface area contributed by atoms with E-state index in [1.807, 2.05) is 0 Å². The van der Waals surface area contributed by atoms with E-state index in [0.717, 1.165) is 25.0 Å². The molecule has 0 spiro atoms. The van der Waals surface area contributed by atoms with Gasteiger partial charge in [-0.3, -0.25) is 0 Å². The molecule has 0 aromatic heterocycles. The van der Waals surface area contributed by atoms with Gasteiger partial charge in [-0.2, -0.15) is 5.26 Å². The Morgan fingerprint density at radius 2 is 2.00 bits per heavy atom. The normalized spacial score (nSPS) is 21.3. The third-order valence-corrected chi connectivity index (χ3v) is 5.49. The quantitative estimate of drug-likeness (QED) is 0.727. The van der Waals surface area contributed by atoms with Gasteiger partial charge in [0.25, 0.3) is 0 Å². The molecule has 10 heteroatoms. The summed E-state index contributed by atoms with van der Waals surface area (Å²) in [7, 11) is 1.51. The Balaban J connectivity index is 1.72. The van der Waals surface area contributed by atoms with Crippen LogP contribution in [0.4, 0.5) is 18.4 Å². The molecule has 0 radical (unpaired) electrons. The summed E-state index contributed by atoms with van der Waals surface area (Å²) >= 11 is 5.55. The summed E-state index contributed by atoms with van der Waals surface area (Å²) in [6.45, 7) is 0.420. The predicted octanol–water partition coefficient (Wildman–Crippen LogP) is 2.85. The number of carbonyl (C=O) groups is 2. The molecule has 1 aliphatic carbocycles. The number of rotatable bonds is 4. The monoisotopic (exact) mass is 425 g/mol. The van der Waals surface area contributed by atoms with Gasteiger partial charge in [0.15, 0.2) is 0 Å². The van der Waals surface area contributed by atoms with Crippen molar-refractivity contribution in [1.82, 2.24) is 20.4 Å². The fourth-order valence-corrected chi connectivity index (χ4v) is 3.79. The van der Waals surface area contributed by atoms with Crippen LogP contribution < -0.4 is 10.6 Å². The van der Waals surface area contributed by atoms with Crippen LogP contribution in [-0.4, -0.2) is 54.1 Å². The van der Waals surface area contributed by atoms with Crippen LogP contribution in [0.5, 0.6) is 0 Å². The molecule has 1 aromatic carbocycles. The smallest absolute Gasteiger partial charge is 0.318 e. The van der Waals surface area contributed by atoms with E-state index in [2.05, 4.69) is 16.7 Å². The molecule has 29 heavy (non-hydrogen) atoms. The molecular formula is C19H22ClF2N5O2. The van der Waals surface area contributed by atoms with Gasteiger partial charge >= 0.3 is 12.1 Å². The van der Waals surface area contributed by atoms with Crippen molar-refractivity contribution >= 4 is 23.7 Å². The highest BCUT2D eigenvalue weighted by atomic mass is 35.5. The molecular weight excluding hydrogens is 404 g/mol. The van der Waals surface area contributed by atoms with Crippen molar-refractivity contribution in [2.24, 2.45) is 5.92 Å². The standard InChI is InChI=1S/C19H22ClF2N5O2/c1-24-18(28)26-9-11(7-23)4-14(10-26)27(13-2-3-13)19(29)25-8-12-5-17(22)15(20)6-16(12)21/h5-6,11,13-14H,2-4,8-10H2,1H3,(H,24,28)(H,25,29)/t11-,14-/m1/s1. The van der Waals surface area contributed by atoms with Gasteiger partial charge in [-0.15, -0.1) is 0 Å². The summed E-state index contributed by atoms with van der Waals surface area (Å²) in [5.74, 6) is -1.85. The maximum absolute atomic E-state index is 14.0. The van der Waals surface area contributed by atoms with Gasteiger partial charge in [0.1, 0.15) is 11.6 Å². The minimum atomic E-state index is -0.762. The third kappa shape index (κ3) is 4.88. The summed E-state index contributed by atoms with van der Waals surface area (Å²) in [4.78, 5) is 28.1. The van der Waals surface area contributed by atoms with Crippen molar-refractivity contribution in [3.8, 4) is 6.07 Å². The van der Waals surface area contributed by atoms with Crippen LogP contribution in [0.1, 0.15) is 24.8 Å². The second-order valence-corrected chi connectivity index (χ2v) is 7.74. The number of nitriles is 1. The maximum Gasteiger partial charge on any atom is 0.318 e. The Hall–Kier alpha value is -2.60. The number of carbonyl (C=O) groups excluding carboxylic acids is 2. The lowest BCUT2D eigenvalue weighted by Gasteiger charge is -2.41. The number of amides is 4. The molecule has 2 N–H and O–H groups in total. The van der Waals surface area contributed by atoms with E-state index < -0.39 is 17.7 Å². The summed E-state index contributed by atoms with van der Waals surface area (Å²) in [5, 5.41) is 14.2. The summed E-state index contributed by atoms with van der Waals surface area (Å²) in [6.07, 6.45) is 2.11. The highest BCUT2D eigenvalue weighted by Gasteiger charge is 2.41. The van der Waals surface area contributed by atoms with Crippen LogP contribution in [-0.2, 0) is 6.54 Å². The van der Waals surface area contributed by atoms with Crippen LogP contribution in [0.25, 0.3) is 0 Å². The predicted molar refractivity (Wildman–Crippen MR) is 102 cm³/mol. The largest absolute Gasteiger partial charge is 0.341 e. The van der Waals surface area contributed by atoms with Gasteiger partial charge in [-0.1, -0.05) is 11.6 Å². The van der Waals surface area contributed by atoms with E-state index in [1.54, 1.807) is 4.90 Å². The van der Waals surface area contributed by atoms with E-state index in [4.69, 9.17) is 11.6 Å². The van der Waals surface area contributed by atoms with Crippen molar-refractivity contribution < 1.29 is 18.4 Å². The molecule has 0 bridgehead atoms. The molecule has 156 valence electrons. The van der Waals surface area contributed by atoms with Gasteiger partial charge < -0.3 is 20.4 Å². The van der Waals surface area contributed by atoms with Crippen LogP contribution in [0, 0.1) is 28.9 Å². The number of hydrogen-bond acceptors (Lipinski definition) is 3. The molecule has 7 nitrogen and oxygen atoms in total. The van der Waals surface area contributed by atoms with Crippen molar-refractivity contribution in [3.05, 3.63) is 34.4 Å². The highest BCUT2D eigenvalue weighted by molar-refractivity contribution is 6.30. The zero-order chi connectivity index (χ0) is 21.1. The third-order valence-electron chi connectivity index (χ3n) is 5.20. The number of likely N-dealkylation sites (tertiary alicyclic amines) is 1. The van der Waals surface area contributed by atoms with E-state index in [9.17, 15) is 23.6 Å². The molecule has 1 aromatic rings. The molecule has 2 fully saturated rings. The maximum atomic E-state index is 14.0. The Labute approximate surface area is 172 Å². The number of urea groups is 2. The Kier molecular flexibility index (Phi) is 6.42. The number of hydrogen-bond donors (Lipinski definition) is 2. The van der Waals surface area contributed by atoms with E-state index >= 15 is 0 Å². The first-order valence-electron chi connectivity index (χ1n) is 9.39. The molecule has 1 heterocycles. The van der Waals surface area contributed by atoms with Crippen LogP contribution in [0.3, 0.4) is 0 Å². The molecule has 1 saturated heterocycles. The lowest BCUT2D eigenvalue weighted by molar-refractivity contribution is 0.103. The Bertz CT molecular complexity index is 843. The average molecular weight is 426 g/mol. The van der Waals surface area contributed by atoms with Crippen LogP contribution in [0.15, 0.2) is 12.1 Å². The van der Waals surface area contributed by atoms with Crippen molar-refractivity contribution in [2.75, 3.05) is 20.1 Å². The van der Waals surface area contributed by atoms with Crippen molar-refractivity contribution in [2.45, 2.75) is 37.9 Å². The molecule has 4 amide bonds. The topological polar surface area (TPSA) is 88.5 Å². The molecule has 1 saturated carbocycles. The summed E-state index contributed by atoms with van der Waals surface area (Å²) < 4.78 is 27.6. The molecule has 3 rings (SSSR count). The van der Waals surface area contributed by atoms with Gasteiger partial charge in [0.2, 0.25) is 0 Å². The van der Waals surface area contributed by atoms with Crippen molar-refractivity contribution in [1.29, 1.82) is 5.26 Å². The Morgan fingerprint density at radius 3 is 2.62 bits per heavy atom. The van der Waals surface area contributed by atoms with E-state index in [-0.39, 0.29) is 41.2 Å². The van der Waals surface area contributed by atoms with Gasteiger partial charge in [-0.25, -0.2) is 18.4 Å². The SMILES string of the molecule is CNC(=O)N1C[C@@H](C#N)C[C@@H](N(C(=O)NCc2cc(F)c(Cl)cc2F)C2CC2)C1. The zero-order valence-corrected chi connectivity index (χ0v) is 16.7. The fraction of sp³-hybridized carbons (Fsp3) is 0.526. The highest BCUT2D eigenvalue weighted by Crippen LogP contribution is 2.32. The second kappa shape index (κ2) is 8.82. The first-order valence-corrected chi connectivity index (χ1v) is 9.77. The van der Waals surface area contributed by atoms with E-state index in [0.29, 0.717) is 19.5 Å². The average Bonchev–Trinajstić information content (AvgIpc) is 3.53. The molecule has 1 aliphatic heterocycles. The van der Waals surface area contributed by atoms with Gasteiger partial charge in [-0.05, 0) is 31.4 Å². The molecule has 2 aliphatic rings. The minimum Gasteiger partial charge on any atom is -0.341 e. The number of benzene rings is 1. The number of nitrogens with zero attached hydrogens (tertiary/aromatic N) is 3. The van der Waals surface area contributed by atoms with Crippen molar-refractivity contribution in [3.63, 3.8) is 0 Å². The second-order valence-electron chi connectivity index (χ2n) is 7.33. The first kappa shape index (κ1) is 21.1. The number of nitrogens with one attached hydrogen (secondary N) is 2. The number of piperidine rings is 1. The van der Waals surface area contributed by atoms with Crippen LogP contribution >= 0.6 is 11.6 Å². The minimum absolute atomic E-state index is 0.00998. The fourth-order valence-electron chi connectivity index (χ4n) is 3.64. The van der Waals surface area contributed by atoms with Gasteiger partial charge in [0, 0.05) is 38.3 Å². The summed E-state index contributed by atoms with van der Waals surface area (Å²) in [6, 6.07) is 2.97. The van der Waals surface area contributed by atoms with E-state index in [1.165, 1.54) is 11.9 Å². The first-order chi connectivity index (χ1) is 13.8. The lowest BCUT2D eigenvalue weighted by atomic mass is 9.94. The zero-order valence-electron chi connectivity index (χ0n) is 15.9.